The standard InChI is InChI=1S/C25H25N3O7/c1-16(2)17(3)12-23(24-6-5-11-35-24)26(19-7-9-22(34-4)10-8-19)25(29)18-13-20(27(30)31)15-21(14-18)28(32)33/h5-11,13-15,17,23H,1,12H2,2-4H3/t17-,23+/m0/s1. The minimum absolute atomic E-state index is 0.0157. The molecule has 0 saturated carbocycles. The third-order valence-electron chi connectivity index (χ3n) is 5.74. The van der Waals surface area contributed by atoms with Gasteiger partial charge in [-0.2, -0.15) is 0 Å². The predicted molar refractivity (Wildman–Crippen MR) is 130 cm³/mol. The fourth-order valence-corrected chi connectivity index (χ4v) is 3.62. The Morgan fingerprint density at radius 2 is 1.69 bits per heavy atom. The summed E-state index contributed by atoms with van der Waals surface area (Å²) < 4.78 is 10.9. The summed E-state index contributed by atoms with van der Waals surface area (Å²) in [5, 5.41) is 22.8. The second-order valence-corrected chi connectivity index (χ2v) is 8.14. The molecule has 3 rings (SSSR count). The lowest BCUT2D eigenvalue weighted by Gasteiger charge is -2.32. The number of rotatable bonds is 10. The summed E-state index contributed by atoms with van der Waals surface area (Å²) >= 11 is 0. The third kappa shape index (κ3) is 5.72. The molecule has 0 aliphatic rings. The van der Waals surface area contributed by atoms with E-state index in [1.165, 1.54) is 18.3 Å². The van der Waals surface area contributed by atoms with Crippen molar-refractivity contribution >= 4 is 23.0 Å². The summed E-state index contributed by atoms with van der Waals surface area (Å²) in [6.45, 7) is 7.86. The first-order valence-corrected chi connectivity index (χ1v) is 10.7. The lowest BCUT2D eigenvalue weighted by atomic mass is 9.92. The molecule has 1 aromatic heterocycles. The molecule has 0 radical (unpaired) electrons. The van der Waals surface area contributed by atoms with Crippen molar-refractivity contribution in [1.29, 1.82) is 0 Å². The molecule has 0 aliphatic carbocycles. The number of carbonyl (C=O) groups excluding carboxylic acids is 1. The number of nitro groups is 2. The van der Waals surface area contributed by atoms with Crippen LogP contribution in [0.4, 0.5) is 17.1 Å². The molecule has 2 atom stereocenters. The Kier molecular flexibility index (Phi) is 7.65. The molecule has 10 heteroatoms. The predicted octanol–water partition coefficient (Wildman–Crippen LogP) is 6.10. The van der Waals surface area contributed by atoms with E-state index in [4.69, 9.17) is 9.15 Å². The number of carbonyl (C=O) groups is 1. The number of hydrogen-bond donors (Lipinski definition) is 0. The zero-order valence-electron chi connectivity index (χ0n) is 19.5. The van der Waals surface area contributed by atoms with Gasteiger partial charge in [0.05, 0.1) is 40.9 Å². The molecular weight excluding hydrogens is 454 g/mol. The minimum atomic E-state index is -0.769. The van der Waals surface area contributed by atoms with Gasteiger partial charge in [-0.25, -0.2) is 0 Å². The van der Waals surface area contributed by atoms with Crippen molar-refractivity contribution in [2.24, 2.45) is 5.92 Å². The average molecular weight is 479 g/mol. The molecule has 0 bridgehead atoms. The Labute approximate surface area is 201 Å². The van der Waals surface area contributed by atoms with Crippen LogP contribution in [-0.4, -0.2) is 22.9 Å². The summed E-state index contributed by atoms with van der Waals surface area (Å²) in [5.41, 5.74) is 0.0559. The van der Waals surface area contributed by atoms with Crippen LogP contribution in [0.25, 0.3) is 0 Å². The highest BCUT2D eigenvalue weighted by atomic mass is 16.6. The van der Waals surface area contributed by atoms with Crippen LogP contribution in [0.3, 0.4) is 0 Å². The van der Waals surface area contributed by atoms with Gasteiger partial charge in [-0.1, -0.05) is 19.1 Å². The first-order valence-electron chi connectivity index (χ1n) is 10.7. The highest BCUT2D eigenvalue weighted by Gasteiger charge is 2.33. The van der Waals surface area contributed by atoms with E-state index >= 15 is 0 Å². The number of allylic oxidation sites excluding steroid dienone is 1. The molecule has 1 heterocycles. The van der Waals surface area contributed by atoms with E-state index in [9.17, 15) is 25.0 Å². The maximum absolute atomic E-state index is 13.9. The summed E-state index contributed by atoms with van der Waals surface area (Å²) in [4.78, 5) is 36.7. The van der Waals surface area contributed by atoms with Crippen LogP contribution in [0.5, 0.6) is 5.75 Å². The third-order valence-corrected chi connectivity index (χ3v) is 5.74. The van der Waals surface area contributed by atoms with Crippen molar-refractivity contribution in [1.82, 2.24) is 0 Å². The second kappa shape index (κ2) is 10.6. The molecule has 0 unspecified atom stereocenters. The number of benzene rings is 2. The molecular formula is C25H25N3O7. The summed E-state index contributed by atoms with van der Waals surface area (Å²) in [7, 11) is 1.51. The topological polar surface area (TPSA) is 129 Å². The van der Waals surface area contributed by atoms with Crippen LogP contribution >= 0.6 is 0 Å². The van der Waals surface area contributed by atoms with E-state index in [0.717, 1.165) is 23.8 Å². The first kappa shape index (κ1) is 25.2. The van der Waals surface area contributed by atoms with Gasteiger partial charge in [-0.15, -0.1) is 0 Å². The molecule has 0 fully saturated rings. The number of nitrogens with zero attached hydrogens (tertiary/aromatic N) is 3. The van der Waals surface area contributed by atoms with Crippen molar-refractivity contribution in [3.05, 3.63) is 105 Å². The number of furan rings is 1. The van der Waals surface area contributed by atoms with Gasteiger partial charge in [0.25, 0.3) is 17.3 Å². The molecule has 2 aromatic carbocycles. The molecule has 0 aliphatic heterocycles. The number of ether oxygens (including phenoxy) is 1. The SMILES string of the molecule is C=C(C)[C@@H](C)C[C@H](c1ccco1)N(C(=O)c1cc([N+](=O)[O-])cc([N+](=O)[O-])c1)c1ccc(OC)cc1. The zero-order valence-corrected chi connectivity index (χ0v) is 19.5. The first-order chi connectivity index (χ1) is 16.6. The fourth-order valence-electron chi connectivity index (χ4n) is 3.62. The van der Waals surface area contributed by atoms with Gasteiger partial charge >= 0.3 is 0 Å². The van der Waals surface area contributed by atoms with Crippen LogP contribution < -0.4 is 9.64 Å². The van der Waals surface area contributed by atoms with Crippen LogP contribution in [0, 0.1) is 26.1 Å². The van der Waals surface area contributed by atoms with Crippen LogP contribution in [0.15, 0.2) is 77.4 Å². The Morgan fingerprint density at radius 3 is 2.14 bits per heavy atom. The monoisotopic (exact) mass is 479 g/mol. The van der Waals surface area contributed by atoms with Crippen LogP contribution in [-0.2, 0) is 0 Å². The molecule has 0 N–H and O–H groups in total. The summed E-state index contributed by atoms with van der Waals surface area (Å²) in [6.07, 6.45) is 1.92. The second-order valence-electron chi connectivity index (χ2n) is 8.14. The molecule has 10 nitrogen and oxygen atoms in total. The number of non-ortho nitro benzene ring substituents is 2. The average Bonchev–Trinajstić information content (AvgIpc) is 3.38. The van der Waals surface area contributed by atoms with E-state index in [2.05, 4.69) is 6.58 Å². The lowest BCUT2D eigenvalue weighted by Crippen LogP contribution is -2.36. The van der Waals surface area contributed by atoms with E-state index in [0.29, 0.717) is 23.6 Å². The molecule has 182 valence electrons. The zero-order chi connectivity index (χ0) is 25.7. The minimum Gasteiger partial charge on any atom is -0.497 e. The normalized spacial score (nSPS) is 12.4. The number of hydrogen-bond acceptors (Lipinski definition) is 7. The van der Waals surface area contributed by atoms with Gasteiger partial charge in [0.2, 0.25) is 0 Å². The van der Waals surface area contributed by atoms with Gasteiger partial charge in [0, 0.05) is 17.8 Å². The highest BCUT2D eigenvalue weighted by Crippen LogP contribution is 2.37. The molecule has 35 heavy (non-hydrogen) atoms. The molecule has 0 spiro atoms. The maximum Gasteiger partial charge on any atom is 0.277 e. The van der Waals surface area contributed by atoms with Gasteiger partial charge in [-0.05, 0) is 55.7 Å². The fraction of sp³-hybridized carbons (Fsp3) is 0.240. The largest absolute Gasteiger partial charge is 0.497 e. The highest BCUT2D eigenvalue weighted by molar-refractivity contribution is 6.07. The lowest BCUT2D eigenvalue weighted by molar-refractivity contribution is -0.394. The molecule has 0 saturated heterocycles. The Morgan fingerprint density at radius 1 is 1.09 bits per heavy atom. The van der Waals surface area contributed by atoms with Crippen molar-refractivity contribution in [3.63, 3.8) is 0 Å². The van der Waals surface area contributed by atoms with E-state index in [1.807, 2.05) is 13.8 Å². The van der Waals surface area contributed by atoms with E-state index in [1.54, 1.807) is 36.4 Å². The van der Waals surface area contributed by atoms with Crippen LogP contribution in [0.2, 0.25) is 0 Å². The van der Waals surface area contributed by atoms with Gasteiger partial charge in [0.1, 0.15) is 11.5 Å². The molecule has 1 amide bonds. The Balaban J connectivity index is 2.21. The Hall–Kier alpha value is -4.47. The number of nitro benzene ring substituents is 2. The number of methoxy groups -OCH3 is 1. The van der Waals surface area contributed by atoms with Crippen molar-refractivity contribution in [3.8, 4) is 5.75 Å². The Bertz CT molecular complexity index is 1200. The number of anilines is 1. The quantitative estimate of drug-likeness (QED) is 0.195. The summed E-state index contributed by atoms with van der Waals surface area (Å²) in [5.74, 6) is 0.384. The van der Waals surface area contributed by atoms with Crippen LogP contribution in [0.1, 0.15) is 42.4 Å². The van der Waals surface area contributed by atoms with E-state index < -0.39 is 33.2 Å². The van der Waals surface area contributed by atoms with Gasteiger partial charge in [0.15, 0.2) is 0 Å². The van der Waals surface area contributed by atoms with E-state index in [-0.39, 0.29) is 11.5 Å². The number of amides is 1. The van der Waals surface area contributed by atoms with Crippen molar-refractivity contribution in [2.45, 2.75) is 26.3 Å². The van der Waals surface area contributed by atoms with Crippen molar-refractivity contribution in [2.75, 3.05) is 12.0 Å². The molecule has 3 aromatic rings. The smallest absolute Gasteiger partial charge is 0.277 e. The summed E-state index contributed by atoms with van der Waals surface area (Å²) in [6, 6.07) is 12.4. The van der Waals surface area contributed by atoms with Gasteiger partial charge < -0.3 is 9.15 Å². The maximum atomic E-state index is 13.9. The van der Waals surface area contributed by atoms with Gasteiger partial charge in [-0.3, -0.25) is 29.9 Å². The van der Waals surface area contributed by atoms with Crippen molar-refractivity contribution < 1.29 is 23.8 Å².